The van der Waals surface area contributed by atoms with Crippen LogP contribution in [0.15, 0.2) is 88.9 Å². The molecule has 7 nitrogen and oxygen atoms in total. The van der Waals surface area contributed by atoms with Crippen molar-refractivity contribution >= 4 is 31.4 Å². The predicted octanol–water partition coefficient (Wildman–Crippen LogP) is 4.30. The molecule has 0 bridgehead atoms. The monoisotopic (exact) mass is 483 g/mol. The van der Waals surface area contributed by atoms with E-state index in [4.69, 9.17) is 0 Å². The van der Waals surface area contributed by atoms with Crippen molar-refractivity contribution in [1.82, 2.24) is 4.41 Å². The van der Waals surface area contributed by atoms with Crippen LogP contribution >= 0.6 is 0 Å². The molecule has 0 radical (unpaired) electrons. The standard InChI is InChI=1S/C24H25N3O4S2/c1-3-32(28,29)26-21-15-13-19(14-16-21)23-17-24(20-11-9-18(2)10-12-20)27(25-23)33(30,31)22-7-5-4-6-8-22/h4-16,24,26H,3,17H2,1-2H3. The molecule has 33 heavy (non-hydrogen) atoms. The van der Waals surface area contributed by atoms with Crippen LogP contribution in [0.4, 0.5) is 5.69 Å². The summed E-state index contributed by atoms with van der Waals surface area (Å²) in [5.41, 5.74) is 3.73. The summed E-state index contributed by atoms with van der Waals surface area (Å²) in [6.45, 7) is 3.55. The zero-order valence-electron chi connectivity index (χ0n) is 18.3. The van der Waals surface area contributed by atoms with Crippen molar-refractivity contribution < 1.29 is 16.8 Å². The lowest BCUT2D eigenvalue weighted by atomic mass is 9.98. The molecule has 0 saturated heterocycles. The quantitative estimate of drug-likeness (QED) is 0.542. The molecule has 3 aromatic rings. The largest absolute Gasteiger partial charge is 0.284 e. The first kappa shape index (κ1) is 23.0. The fourth-order valence-corrected chi connectivity index (χ4v) is 5.70. The molecule has 1 atom stereocenters. The van der Waals surface area contributed by atoms with E-state index in [-0.39, 0.29) is 10.6 Å². The molecule has 0 saturated carbocycles. The number of sulfonamides is 2. The van der Waals surface area contributed by atoms with Crippen LogP contribution in [0, 0.1) is 6.92 Å². The van der Waals surface area contributed by atoms with Crippen LogP contribution in [0.3, 0.4) is 0 Å². The topological polar surface area (TPSA) is 95.9 Å². The summed E-state index contributed by atoms with van der Waals surface area (Å²) in [5.74, 6) is -0.0218. The SMILES string of the molecule is CCS(=O)(=O)Nc1ccc(C2=NN(S(=O)(=O)c3ccccc3)C(c3ccc(C)cc3)C2)cc1. The molecule has 172 valence electrons. The lowest BCUT2D eigenvalue weighted by Gasteiger charge is -2.23. The Morgan fingerprint density at radius 3 is 2.15 bits per heavy atom. The van der Waals surface area contributed by atoms with Crippen molar-refractivity contribution in [3.63, 3.8) is 0 Å². The minimum atomic E-state index is -3.87. The van der Waals surface area contributed by atoms with E-state index in [9.17, 15) is 16.8 Å². The van der Waals surface area contributed by atoms with Gasteiger partial charge in [0.25, 0.3) is 10.0 Å². The van der Waals surface area contributed by atoms with Gasteiger partial charge in [-0.3, -0.25) is 4.72 Å². The Balaban J connectivity index is 1.71. The van der Waals surface area contributed by atoms with Crippen molar-refractivity contribution in [2.45, 2.75) is 31.2 Å². The highest BCUT2D eigenvalue weighted by Crippen LogP contribution is 2.37. The lowest BCUT2D eigenvalue weighted by Crippen LogP contribution is -2.27. The summed E-state index contributed by atoms with van der Waals surface area (Å²) >= 11 is 0. The summed E-state index contributed by atoms with van der Waals surface area (Å²) in [5, 5.41) is 4.53. The van der Waals surface area contributed by atoms with Gasteiger partial charge in [0.2, 0.25) is 10.0 Å². The number of hydrogen-bond acceptors (Lipinski definition) is 5. The number of aryl methyl sites for hydroxylation is 1. The van der Waals surface area contributed by atoms with Crippen LogP contribution in [0.2, 0.25) is 0 Å². The molecule has 0 aliphatic carbocycles. The van der Waals surface area contributed by atoms with Crippen LogP contribution < -0.4 is 4.72 Å². The molecule has 1 aliphatic heterocycles. The van der Waals surface area contributed by atoms with Crippen LogP contribution in [0.1, 0.15) is 36.1 Å². The maximum absolute atomic E-state index is 13.4. The Morgan fingerprint density at radius 2 is 1.55 bits per heavy atom. The van der Waals surface area contributed by atoms with Crippen LogP contribution in [-0.2, 0) is 20.0 Å². The average Bonchev–Trinajstić information content (AvgIpc) is 3.27. The number of hydrazone groups is 1. The van der Waals surface area contributed by atoms with Gasteiger partial charge in [-0.1, -0.05) is 60.2 Å². The maximum Gasteiger partial charge on any atom is 0.279 e. The second kappa shape index (κ2) is 8.99. The summed E-state index contributed by atoms with van der Waals surface area (Å²) in [4.78, 5) is 0.177. The fraction of sp³-hybridized carbons (Fsp3) is 0.208. The minimum absolute atomic E-state index is 0.0218. The zero-order valence-corrected chi connectivity index (χ0v) is 20.0. The highest BCUT2D eigenvalue weighted by molar-refractivity contribution is 7.92. The third kappa shape index (κ3) is 4.94. The molecule has 1 unspecified atom stereocenters. The Labute approximate surface area is 194 Å². The highest BCUT2D eigenvalue weighted by atomic mass is 32.2. The van der Waals surface area contributed by atoms with Crippen LogP contribution in [-0.4, -0.2) is 32.7 Å². The molecule has 1 heterocycles. The molecule has 0 spiro atoms. The third-order valence-electron chi connectivity index (χ3n) is 5.49. The Bertz CT molecular complexity index is 1370. The first-order chi connectivity index (χ1) is 15.7. The van der Waals surface area contributed by atoms with Crippen molar-refractivity contribution in [1.29, 1.82) is 0 Å². The second-order valence-corrected chi connectivity index (χ2v) is 11.7. The van der Waals surface area contributed by atoms with Crippen molar-refractivity contribution in [3.05, 3.63) is 95.6 Å². The summed E-state index contributed by atoms with van der Waals surface area (Å²) < 4.78 is 54.2. The Morgan fingerprint density at radius 1 is 0.909 bits per heavy atom. The van der Waals surface area contributed by atoms with Crippen LogP contribution in [0.25, 0.3) is 0 Å². The van der Waals surface area contributed by atoms with Gasteiger partial charge >= 0.3 is 0 Å². The van der Waals surface area contributed by atoms with Gasteiger partial charge in [-0.2, -0.15) is 17.9 Å². The average molecular weight is 484 g/mol. The van der Waals surface area contributed by atoms with Gasteiger partial charge in [0, 0.05) is 12.1 Å². The summed E-state index contributed by atoms with van der Waals surface area (Å²) in [6.07, 6.45) is 0.398. The van der Waals surface area contributed by atoms with E-state index >= 15 is 0 Å². The first-order valence-corrected chi connectivity index (χ1v) is 13.6. The van der Waals surface area contributed by atoms with Crippen molar-refractivity contribution in [3.8, 4) is 0 Å². The number of benzene rings is 3. The predicted molar refractivity (Wildman–Crippen MR) is 130 cm³/mol. The summed E-state index contributed by atoms with van der Waals surface area (Å²) in [6, 6.07) is 22.3. The van der Waals surface area contributed by atoms with Gasteiger partial charge in [-0.05, 0) is 49.2 Å². The molecule has 9 heteroatoms. The molecule has 0 fully saturated rings. The minimum Gasteiger partial charge on any atom is -0.284 e. The van der Waals surface area contributed by atoms with E-state index in [0.717, 1.165) is 16.7 Å². The maximum atomic E-state index is 13.4. The van der Waals surface area contributed by atoms with Gasteiger partial charge in [-0.25, -0.2) is 8.42 Å². The number of nitrogens with zero attached hydrogens (tertiary/aromatic N) is 2. The number of anilines is 1. The second-order valence-electron chi connectivity index (χ2n) is 7.85. The summed E-state index contributed by atoms with van der Waals surface area (Å²) in [7, 11) is -7.25. The van der Waals surface area contributed by atoms with Gasteiger partial charge in [0.05, 0.1) is 22.4 Å². The molecule has 1 aliphatic rings. The van der Waals surface area contributed by atoms with E-state index in [1.165, 1.54) is 4.41 Å². The van der Waals surface area contributed by atoms with Gasteiger partial charge in [-0.15, -0.1) is 0 Å². The smallest absolute Gasteiger partial charge is 0.279 e. The van der Waals surface area contributed by atoms with Gasteiger partial charge < -0.3 is 0 Å². The van der Waals surface area contributed by atoms with E-state index in [0.29, 0.717) is 17.8 Å². The van der Waals surface area contributed by atoms with Crippen LogP contribution in [0.5, 0.6) is 0 Å². The van der Waals surface area contributed by atoms with Gasteiger partial charge in [0.1, 0.15) is 0 Å². The Kier molecular flexibility index (Phi) is 6.27. The van der Waals surface area contributed by atoms with Crippen molar-refractivity contribution in [2.75, 3.05) is 10.5 Å². The number of nitrogens with one attached hydrogen (secondary N) is 1. The molecule has 3 aromatic carbocycles. The normalized spacial score (nSPS) is 16.5. The Hall–Kier alpha value is -3.17. The van der Waals surface area contributed by atoms with E-state index in [1.807, 2.05) is 31.2 Å². The van der Waals surface area contributed by atoms with E-state index in [1.54, 1.807) is 61.5 Å². The highest BCUT2D eigenvalue weighted by Gasteiger charge is 2.37. The molecular weight excluding hydrogens is 458 g/mol. The third-order valence-corrected chi connectivity index (χ3v) is 8.50. The number of hydrogen-bond donors (Lipinski definition) is 1. The van der Waals surface area contributed by atoms with Gasteiger partial charge in [0.15, 0.2) is 0 Å². The first-order valence-electron chi connectivity index (χ1n) is 10.5. The molecule has 0 amide bonds. The molecule has 1 N–H and O–H groups in total. The zero-order chi connectivity index (χ0) is 23.6. The molecular formula is C24H25N3O4S2. The van der Waals surface area contributed by atoms with Crippen molar-refractivity contribution in [2.24, 2.45) is 5.10 Å². The fourth-order valence-electron chi connectivity index (χ4n) is 3.60. The molecule has 0 aromatic heterocycles. The molecule has 4 rings (SSSR count). The van der Waals surface area contributed by atoms with E-state index in [2.05, 4.69) is 9.82 Å². The van der Waals surface area contributed by atoms with E-state index < -0.39 is 26.1 Å². The number of rotatable bonds is 7. The lowest BCUT2D eigenvalue weighted by molar-refractivity contribution is 0.371.